The highest BCUT2D eigenvalue weighted by Crippen LogP contribution is 2.45. The van der Waals surface area contributed by atoms with Crippen LogP contribution in [0.1, 0.15) is 11.1 Å². The van der Waals surface area contributed by atoms with E-state index in [1.165, 1.54) is 0 Å². The number of carboxylic acids is 1. The average molecular weight is 391 g/mol. The van der Waals surface area contributed by atoms with E-state index in [1.807, 2.05) is 0 Å². The van der Waals surface area contributed by atoms with Crippen molar-refractivity contribution < 1.29 is 41.0 Å². The first-order chi connectivity index (χ1) is 9.91. The fraction of sp³-hybridized carbons (Fsp3) is 0.250. The third-order valence-electron chi connectivity index (χ3n) is 2.76. The van der Waals surface area contributed by atoms with E-state index < -0.39 is 46.9 Å². The molecule has 0 unspecified atom stereocenters. The van der Waals surface area contributed by atoms with Gasteiger partial charge in [0.15, 0.2) is 0 Å². The standard InChI is InChI=1S/C12H5BrF6O3/c13-5-1-4-2-6(10(20)21)9(12(17,18)19)22-8(4)7(3-5)11(14,15)16/h1-3,9H,(H,20,21)/t9-/m0/s1. The van der Waals surface area contributed by atoms with Gasteiger partial charge in [-0.05, 0) is 18.2 Å². The number of hydrogen-bond acceptors (Lipinski definition) is 2. The molecule has 0 bridgehead atoms. The highest BCUT2D eigenvalue weighted by Gasteiger charge is 2.50. The molecule has 10 heteroatoms. The Morgan fingerprint density at radius 3 is 2.23 bits per heavy atom. The minimum Gasteiger partial charge on any atom is -0.478 e. The second kappa shape index (κ2) is 5.18. The predicted molar refractivity (Wildman–Crippen MR) is 65.2 cm³/mol. The molecule has 0 spiro atoms. The number of ether oxygens (including phenoxy) is 1. The predicted octanol–water partition coefficient (Wildman–Crippen LogP) is 4.26. The molecule has 1 aromatic carbocycles. The third-order valence-corrected chi connectivity index (χ3v) is 3.22. The molecule has 1 N–H and O–H groups in total. The van der Waals surface area contributed by atoms with Crippen molar-refractivity contribution in [3.8, 4) is 5.75 Å². The van der Waals surface area contributed by atoms with Crippen molar-refractivity contribution in [3.05, 3.63) is 33.3 Å². The molecule has 1 heterocycles. The smallest absolute Gasteiger partial charge is 0.430 e. The number of carbonyl (C=O) groups is 1. The van der Waals surface area contributed by atoms with E-state index in [2.05, 4.69) is 20.7 Å². The fourth-order valence-electron chi connectivity index (χ4n) is 1.91. The molecule has 3 nitrogen and oxygen atoms in total. The van der Waals surface area contributed by atoms with Gasteiger partial charge in [-0.25, -0.2) is 4.79 Å². The zero-order valence-electron chi connectivity index (χ0n) is 10.2. The van der Waals surface area contributed by atoms with Crippen molar-refractivity contribution in [1.29, 1.82) is 0 Å². The number of halogens is 7. The van der Waals surface area contributed by atoms with E-state index >= 15 is 0 Å². The van der Waals surface area contributed by atoms with Crippen molar-refractivity contribution in [1.82, 2.24) is 0 Å². The van der Waals surface area contributed by atoms with E-state index in [-0.39, 0.29) is 4.47 Å². The van der Waals surface area contributed by atoms with E-state index in [9.17, 15) is 31.1 Å². The van der Waals surface area contributed by atoms with Crippen LogP contribution in [-0.2, 0) is 11.0 Å². The van der Waals surface area contributed by atoms with Gasteiger partial charge >= 0.3 is 18.3 Å². The molecule has 0 aromatic heterocycles. The molecule has 1 aliphatic rings. The van der Waals surface area contributed by atoms with Crippen LogP contribution in [0.2, 0.25) is 0 Å². The summed E-state index contributed by atoms with van der Waals surface area (Å²) in [5.41, 5.74) is -3.02. The monoisotopic (exact) mass is 390 g/mol. The first-order valence-corrected chi connectivity index (χ1v) is 6.29. The summed E-state index contributed by atoms with van der Waals surface area (Å²) >= 11 is 2.79. The summed E-state index contributed by atoms with van der Waals surface area (Å²) in [6.07, 6.45) is -12.6. The van der Waals surface area contributed by atoms with Gasteiger partial charge in [-0.2, -0.15) is 26.3 Å². The zero-order chi connectivity index (χ0) is 16.9. The van der Waals surface area contributed by atoms with Crippen LogP contribution in [0.15, 0.2) is 22.2 Å². The number of hydrogen-bond donors (Lipinski definition) is 1. The van der Waals surface area contributed by atoms with E-state index in [1.54, 1.807) is 0 Å². The van der Waals surface area contributed by atoms with Crippen LogP contribution < -0.4 is 4.74 Å². The first kappa shape index (κ1) is 16.7. The van der Waals surface area contributed by atoms with Crippen LogP contribution >= 0.6 is 15.9 Å². The quantitative estimate of drug-likeness (QED) is 0.728. The van der Waals surface area contributed by atoms with E-state index in [4.69, 9.17) is 5.11 Å². The zero-order valence-corrected chi connectivity index (χ0v) is 11.8. The lowest BCUT2D eigenvalue weighted by atomic mass is 9.98. The van der Waals surface area contributed by atoms with Gasteiger partial charge in [0.05, 0.1) is 11.1 Å². The summed E-state index contributed by atoms with van der Waals surface area (Å²) in [5, 5.41) is 8.81. The fourth-order valence-corrected chi connectivity index (χ4v) is 2.38. The van der Waals surface area contributed by atoms with Crippen LogP contribution in [0.25, 0.3) is 6.08 Å². The first-order valence-electron chi connectivity index (χ1n) is 5.50. The molecule has 0 saturated heterocycles. The largest absolute Gasteiger partial charge is 0.478 e. The van der Waals surface area contributed by atoms with Crippen molar-refractivity contribution in [2.75, 3.05) is 0 Å². The van der Waals surface area contributed by atoms with Crippen LogP contribution in [-0.4, -0.2) is 23.4 Å². The normalized spacial score (nSPS) is 18.3. The molecule has 0 saturated carbocycles. The van der Waals surface area contributed by atoms with Gasteiger partial charge in [0.1, 0.15) is 5.75 Å². The molecule has 120 valence electrons. The molecule has 1 aliphatic heterocycles. The lowest BCUT2D eigenvalue weighted by molar-refractivity contribution is -0.189. The van der Waals surface area contributed by atoms with Crippen LogP contribution in [0.4, 0.5) is 26.3 Å². The van der Waals surface area contributed by atoms with Gasteiger partial charge in [0, 0.05) is 10.0 Å². The maximum absolute atomic E-state index is 12.9. The summed E-state index contributed by atoms with van der Waals surface area (Å²) in [6, 6.07) is 1.60. The lowest BCUT2D eigenvalue weighted by Crippen LogP contribution is -2.40. The van der Waals surface area contributed by atoms with Gasteiger partial charge in [-0.3, -0.25) is 0 Å². The molecule has 0 radical (unpaired) electrons. The van der Waals surface area contributed by atoms with Gasteiger partial charge < -0.3 is 9.84 Å². The highest BCUT2D eigenvalue weighted by molar-refractivity contribution is 9.10. The second-order valence-corrected chi connectivity index (χ2v) is 5.23. The Bertz CT molecular complexity index is 662. The average Bonchev–Trinajstić information content (AvgIpc) is 2.33. The molecule has 22 heavy (non-hydrogen) atoms. The summed E-state index contributed by atoms with van der Waals surface area (Å²) in [7, 11) is 0. The van der Waals surface area contributed by atoms with E-state index in [0.717, 1.165) is 6.07 Å². The summed E-state index contributed by atoms with van der Waals surface area (Å²) < 4.78 is 81.5. The number of aliphatic carboxylic acids is 1. The van der Waals surface area contributed by atoms with Crippen molar-refractivity contribution in [3.63, 3.8) is 0 Å². The molecular formula is C12H5BrF6O3. The van der Waals surface area contributed by atoms with Crippen LogP contribution in [0.3, 0.4) is 0 Å². The Hall–Kier alpha value is -1.71. The minimum atomic E-state index is -5.17. The van der Waals surface area contributed by atoms with Crippen molar-refractivity contribution in [2.45, 2.75) is 18.5 Å². The van der Waals surface area contributed by atoms with Gasteiger partial charge in [-0.1, -0.05) is 15.9 Å². The number of rotatable bonds is 1. The van der Waals surface area contributed by atoms with Gasteiger partial charge in [-0.15, -0.1) is 0 Å². The number of carboxylic acid groups (broad SMARTS) is 1. The molecule has 1 aromatic rings. The minimum absolute atomic E-state index is 0.0753. The van der Waals surface area contributed by atoms with Gasteiger partial charge in [0.25, 0.3) is 0 Å². The van der Waals surface area contributed by atoms with Crippen LogP contribution in [0, 0.1) is 0 Å². The van der Waals surface area contributed by atoms with Crippen LogP contribution in [0.5, 0.6) is 5.75 Å². The third kappa shape index (κ3) is 3.06. The Kier molecular flexibility index (Phi) is 3.92. The number of fused-ring (bicyclic) bond motifs is 1. The molecule has 1 atom stereocenters. The number of benzene rings is 1. The Balaban J connectivity index is 2.71. The second-order valence-electron chi connectivity index (χ2n) is 4.31. The topological polar surface area (TPSA) is 46.5 Å². The molecule has 0 amide bonds. The molecular weight excluding hydrogens is 386 g/mol. The highest BCUT2D eigenvalue weighted by atomic mass is 79.9. The molecule has 0 aliphatic carbocycles. The van der Waals surface area contributed by atoms with Gasteiger partial charge in [0.2, 0.25) is 6.10 Å². The number of alkyl halides is 6. The summed E-state index contributed by atoms with van der Waals surface area (Å²) in [4.78, 5) is 10.9. The lowest BCUT2D eigenvalue weighted by Gasteiger charge is -2.29. The molecule has 0 fully saturated rings. The Labute approximate surface area is 127 Å². The molecule has 2 rings (SSSR count). The summed E-state index contributed by atoms with van der Waals surface area (Å²) in [6.45, 7) is 0. The maximum atomic E-state index is 12.9. The maximum Gasteiger partial charge on any atom is 0.430 e. The Morgan fingerprint density at radius 2 is 1.77 bits per heavy atom. The SMILES string of the molecule is O=C(O)C1=Cc2cc(Br)cc(C(F)(F)F)c2O[C@@H]1C(F)(F)F. The van der Waals surface area contributed by atoms with E-state index in [0.29, 0.717) is 12.1 Å². The van der Waals surface area contributed by atoms with Crippen molar-refractivity contribution >= 4 is 28.0 Å². The Morgan fingerprint density at radius 1 is 1.18 bits per heavy atom. The summed E-state index contributed by atoms with van der Waals surface area (Å²) in [5.74, 6) is -2.98. The van der Waals surface area contributed by atoms with Crippen molar-refractivity contribution in [2.24, 2.45) is 0 Å².